The Kier molecular flexibility index (Phi) is 4.09. The fourth-order valence-electron chi connectivity index (χ4n) is 2.13. The number of likely N-dealkylation sites (N-methyl/N-ethyl adjacent to an activating group) is 1. The maximum absolute atomic E-state index is 11.8. The second kappa shape index (κ2) is 5.77. The predicted octanol–water partition coefficient (Wildman–Crippen LogP) is 0.0102. The minimum absolute atomic E-state index is 0.0744. The van der Waals surface area contributed by atoms with Gasteiger partial charge in [-0.15, -0.1) is 0 Å². The largest absolute Gasteiger partial charge is 0.337 e. The van der Waals surface area contributed by atoms with Gasteiger partial charge in [0, 0.05) is 25.5 Å². The third kappa shape index (κ3) is 2.76. The van der Waals surface area contributed by atoms with Crippen molar-refractivity contribution in [3.05, 3.63) is 18.7 Å². The SMILES string of the molecule is CCN1C(=O)CC(NCCCn2ccnc2)C1=O. The molecule has 1 atom stereocenters. The van der Waals surface area contributed by atoms with Gasteiger partial charge < -0.3 is 9.88 Å². The minimum Gasteiger partial charge on any atom is -0.337 e. The summed E-state index contributed by atoms with van der Waals surface area (Å²) >= 11 is 0. The normalized spacial score (nSPS) is 19.8. The summed E-state index contributed by atoms with van der Waals surface area (Å²) in [4.78, 5) is 28.6. The fourth-order valence-corrected chi connectivity index (χ4v) is 2.13. The highest BCUT2D eigenvalue weighted by molar-refractivity contribution is 6.05. The van der Waals surface area contributed by atoms with Gasteiger partial charge in [-0.1, -0.05) is 0 Å². The van der Waals surface area contributed by atoms with Crippen LogP contribution in [-0.2, 0) is 16.1 Å². The molecule has 6 heteroatoms. The molecule has 1 fully saturated rings. The highest BCUT2D eigenvalue weighted by atomic mass is 16.2. The molecule has 0 bridgehead atoms. The highest BCUT2D eigenvalue weighted by Gasteiger charge is 2.36. The topological polar surface area (TPSA) is 67.2 Å². The minimum atomic E-state index is -0.333. The van der Waals surface area contributed by atoms with E-state index in [-0.39, 0.29) is 24.3 Å². The molecule has 2 heterocycles. The van der Waals surface area contributed by atoms with E-state index in [0.29, 0.717) is 6.54 Å². The Morgan fingerprint density at radius 2 is 2.33 bits per heavy atom. The van der Waals surface area contributed by atoms with Gasteiger partial charge in [-0.25, -0.2) is 4.98 Å². The number of nitrogens with one attached hydrogen (secondary N) is 1. The van der Waals surface area contributed by atoms with Crippen molar-refractivity contribution in [3.63, 3.8) is 0 Å². The number of carbonyl (C=O) groups excluding carboxylic acids is 2. The molecule has 1 aromatic rings. The van der Waals surface area contributed by atoms with Gasteiger partial charge in [-0.05, 0) is 19.9 Å². The molecule has 98 valence electrons. The van der Waals surface area contributed by atoms with Crippen molar-refractivity contribution in [2.45, 2.75) is 32.4 Å². The number of hydrogen-bond donors (Lipinski definition) is 1. The highest BCUT2D eigenvalue weighted by Crippen LogP contribution is 2.12. The lowest BCUT2D eigenvalue weighted by atomic mass is 10.2. The van der Waals surface area contributed by atoms with Gasteiger partial charge in [0.05, 0.1) is 18.8 Å². The van der Waals surface area contributed by atoms with Gasteiger partial charge in [0.15, 0.2) is 0 Å². The molecule has 0 aliphatic carbocycles. The van der Waals surface area contributed by atoms with Crippen LogP contribution in [0, 0.1) is 0 Å². The molecule has 1 saturated heterocycles. The third-order valence-electron chi connectivity index (χ3n) is 3.10. The van der Waals surface area contributed by atoms with Crippen molar-refractivity contribution in [1.29, 1.82) is 0 Å². The summed E-state index contributed by atoms with van der Waals surface area (Å²) in [5.41, 5.74) is 0. The Morgan fingerprint density at radius 1 is 1.50 bits per heavy atom. The van der Waals surface area contributed by atoms with Crippen molar-refractivity contribution in [1.82, 2.24) is 19.8 Å². The third-order valence-corrected chi connectivity index (χ3v) is 3.10. The maximum Gasteiger partial charge on any atom is 0.246 e. The van der Waals surface area contributed by atoms with Crippen molar-refractivity contribution >= 4 is 11.8 Å². The number of carbonyl (C=O) groups is 2. The summed E-state index contributed by atoms with van der Waals surface area (Å²) in [7, 11) is 0. The second-order valence-corrected chi connectivity index (χ2v) is 4.34. The molecule has 18 heavy (non-hydrogen) atoms. The first kappa shape index (κ1) is 12.8. The molecule has 2 amide bonds. The van der Waals surface area contributed by atoms with E-state index in [1.165, 1.54) is 4.90 Å². The van der Waals surface area contributed by atoms with Gasteiger partial charge in [0.2, 0.25) is 11.8 Å². The summed E-state index contributed by atoms with van der Waals surface area (Å²) in [6, 6.07) is -0.333. The fraction of sp³-hybridized carbons (Fsp3) is 0.583. The van der Waals surface area contributed by atoms with Crippen molar-refractivity contribution in [2.75, 3.05) is 13.1 Å². The lowest BCUT2D eigenvalue weighted by molar-refractivity contribution is -0.138. The lowest BCUT2D eigenvalue weighted by Gasteiger charge is -2.13. The van der Waals surface area contributed by atoms with E-state index in [0.717, 1.165) is 19.5 Å². The van der Waals surface area contributed by atoms with Crippen LogP contribution in [0.1, 0.15) is 19.8 Å². The molecule has 2 rings (SSSR count). The van der Waals surface area contributed by atoms with Crippen LogP contribution in [-0.4, -0.2) is 45.4 Å². The van der Waals surface area contributed by atoms with Crippen LogP contribution in [0.3, 0.4) is 0 Å². The van der Waals surface area contributed by atoms with Crippen molar-refractivity contribution < 1.29 is 9.59 Å². The van der Waals surface area contributed by atoms with Crippen LogP contribution < -0.4 is 5.32 Å². The first-order valence-corrected chi connectivity index (χ1v) is 6.25. The zero-order valence-electron chi connectivity index (χ0n) is 10.5. The first-order valence-electron chi connectivity index (χ1n) is 6.25. The van der Waals surface area contributed by atoms with Crippen LogP contribution in [0.4, 0.5) is 0 Å². The summed E-state index contributed by atoms with van der Waals surface area (Å²) in [6.45, 7) is 3.86. The van der Waals surface area contributed by atoms with Gasteiger partial charge in [-0.2, -0.15) is 0 Å². The molecule has 0 radical (unpaired) electrons. The number of likely N-dealkylation sites (tertiary alicyclic amines) is 1. The quantitative estimate of drug-likeness (QED) is 0.570. The smallest absolute Gasteiger partial charge is 0.246 e. The number of hydrogen-bond acceptors (Lipinski definition) is 4. The van der Waals surface area contributed by atoms with E-state index in [1.54, 1.807) is 12.5 Å². The maximum atomic E-state index is 11.8. The number of nitrogens with zero attached hydrogens (tertiary/aromatic N) is 3. The summed E-state index contributed by atoms with van der Waals surface area (Å²) in [5, 5.41) is 3.14. The molecule has 6 nitrogen and oxygen atoms in total. The Hall–Kier alpha value is -1.69. The van der Waals surface area contributed by atoms with Crippen LogP contribution in [0.2, 0.25) is 0 Å². The molecule has 0 spiro atoms. The average molecular weight is 250 g/mol. The van der Waals surface area contributed by atoms with E-state index in [1.807, 2.05) is 17.7 Å². The lowest BCUT2D eigenvalue weighted by Crippen LogP contribution is -2.39. The van der Waals surface area contributed by atoms with Crippen LogP contribution in [0.5, 0.6) is 0 Å². The molecule has 1 N–H and O–H groups in total. The monoisotopic (exact) mass is 250 g/mol. The molecule has 1 unspecified atom stereocenters. The summed E-state index contributed by atoms with van der Waals surface area (Å²) < 4.78 is 1.99. The number of aromatic nitrogens is 2. The molecule has 1 aliphatic heterocycles. The molecule has 1 aromatic heterocycles. The van der Waals surface area contributed by atoms with E-state index in [4.69, 9.17) is 0 Å². The summed E-state index contributed by atoms with van der Waals surface area (Å²) in [6.07, 6.45) is 6.61. The Morgan fingerprint density at radius 3 is 2.94 bits per heavy atom. The number of imide groups is 1. The first-order chi connectivity index (χ1) is 8.72. The molecule has 0 saturated carbocycles. The van der Waals surface area contributed by atoms with E-state index in [9.17, 15) is 9.59 Å². The van der Waals surface area contributed by atoms with Crippen LogP contribution in [0.15, 0.2) is 18.7 Å². The van der Waals surface area contributed by atoms with E-state index < -0.39 is 0 Å². The Labute approximate surface area is 106 Å². The number of rotatable bonds is 6. The number of aryl methyl sites for hydroxylation is 1. The Balaban J connectivity index is 1.71. The van der Waals surface area contributed by atoms with Crippen LogP contribution >= 0.6 is 0 Å². The molecular weight excluding hydrogens is 232 g/mol. The van der Waals surface area contributed by atoms with Crippen molar-refractivity contribution in [3.8, 4) is 0 Å². The molecule has 0 aromatic carbocycles. The predicted molar refractivity (Wildman–Crippen MR) is 65.6 cm³/mol. The second-order valence-electron chi connectivity index (χ2n) is 4.34. The van der Waals surface area contributed by atoms with E-state index >= 15 is 0 Å². The molecular formula is C12H18N4O2. The number of amides is 2. The van der Waals surface area contributed by atoms with Gasteiger partial charge in [0.1, 0.15) is 0 Å². The van der Waals surface area contributed by atoms with Crippen LogP contribution in [0.25, 0.3) is 0 Å². The zero-order chi connectivity index (χ0) is 13.0. The standard InChI is InChI=1S/C12H18N4O2/c1-2-16-11(17)8-10(12(16)18)14-4-3-6-15-7-5-13-9-15/h5,7,9-10,14H,2-4,6,8H2,1H3. The van der Waals surface area contributed by atoms with Gasteiger partial charge in [0.25, 0.3) is 0 Å². The van der Waals surface area contributed by atoms with Crippen molar-refractivity contribution in [2.24, 2.45) is 0 Å². The van der Waals surface area contributed by atoms with Gasteiger partial charge in [-0.3, -0.25) is 14.5 Å². The number of imidazole rings is 1. The summed E-state index contributed by atoms with van der Waals surface area (Å²) in [5.74, 6) is -0.167. The molecule has 1 aliphatic rings. The van der Waals surface area contributed by atoms with Gasteiger partial charge >= 0.3 is 0 Å². The zero-order valence-corrected chi connectivity index (χ0v) is 10.5. The Bertz CT molecular complexity index is 416. The average Bonchev–Trinajstić information content (AvgIpc) is 2.94. The van der Waals surface area contributed by atoms with E-state index in [2.05, 4.69) is 10.3 Å².